The van der Waals surface area contributed by atoms with Gasteiger partial charge in [0.15, 0.2) is 0 Å². The van der Waals surface area contributed by atoms with Crippen LogP contribution in [0.15, 0.2) is 24.3 Å². The molecule has 0 aromatic heterocycles. The largest absolute Gasteiger partial charge is 0.460 e. The molecule has 3 unspecified atom stereocenters. The fourth-order valence-electron chi connectivity index (χ4n) is 2.87. The van der Waals surface area contributed by atoms with E-state index >= 15 is 0 Å². The molecule has 0 saturated carbocycles. The highest BCUT2D eigenvalue weighted by Crippen LogP contribution is 2.17. The van der Waals surface area contributed by atoms with Gasteiger partial charge in [-0.25, -0.2) is 0 Å². The summed E-state index contributed by atoms with van der Waals surface area (Å²) < 4.78 is 5.26. The standard InChI is InChI=1S/C27H41N5O7/c1-15(29-21(34)16(2)30-24(37)26(3,4)5)22(35)32-19(13-20(28)33)23(36)31-18-11-9-17(10-12-18)14-39-25(38)27(6,7)8/h9-12,15-16,19H,13-14H2,1-8H3,(H2,28,33)(H,29,34)(H,30,37)(H,31,36)(H,32,35). The van der Waals surface area contributed by atoms with Gasteiger partial charge in [0.25, 0.3) is 0 Å². The van der Waals surface area contributed by atoms with Crippen LogP contribution in [0.5, 0.6) is 0 Å². The second-order valence-corrected chi connectivity index (χ2v) is 11.4. The van der Waals surface area contributed by atoms with E-state index in [9.17, 15) is 28.8 Å². The number of amides is 5. The van der Waals surface area contributed by atoms with E-state index in [0.29, 0.717) is 11.3 Å². The van der Waals surface area contributed by atoms with E-state index in [-0.39, 0.29) is 18.5 Å². The van der Waals surface area contributed by atoms with E-state index < -0.39 is 59.0 Å². The first-order valence-corrected chi connectivity index (χ1v) is 12.6. The van der Waals surface area contributed by atoms with Crippen molar-refractivity contribution in [2.24, 2.45) is 16.6 Å². The van der Waals surface area contributed by atoms with Crippen molar-refractivity contribution in [1.29, 1.82) is 0 Å². The molecule has 6 N–H and O–H groups in total. The van der Waals surface area contributed by atoms with Gasteiger partial charge in [0.2, 0.25) is 29.5 Å². The van der Waals surface area contributed by atoms with E-state index in [1.807, 2.05) is 0 Å². The zero-order chi connectivity index (χ0) is 30.1. The Morgan fingerprint density at radius 2 is 1.28 bits per heavy atom. The van der Waals surface area contributed by atoms with Crippen molar-refractivity contribution >= 4 is 41.2 Å². The molecule has 0 aliphatic carbocycles. The van der Waals surface area contributed by atoms with Gasteiger partial charge >= 0.3 is 5.97 Å². The average molecular weight is 548 g/mol. The Hall–Kier alpha value is -3.96. The van der Waals surface area contributed by atoms with Crippen molar-refractivity contribution in [1.82, 2.24) is 16.0 Å². The number of primary amides is 1. The molecule has 1 rings (SSSR count). The lowest BCUT2D eigenvalue weighted by Crippen LogP contribution is -2.55. The van der Waals surface area contributed by atoms with Gasteiger partial charge in [-0.3, -0.25) is 28.8 Å². The van der Waals surface area contributed by atoms with Gasteiger partial charge < -0.3 is 31.7 Å². The van der Waals surface area contributed by atoms with Crippen LogP contribution >= 0.6 is 0 Å². The van der Waals surface area contributed by atoms with Crippen molar-refractivity contribution in [2.45, 2.75) is 86.5 Å². The van der Waals surface area contributed by atoms with Crippen LogP contribution in [0.2, 0.25) is 0 Å². The number of hydrogen-bond donors (Lipinski definition) is 5. The Bertz CT molecular complexity index is 1070. The summed E-state index contributed by atoms with van der Waals surface area (Å²) >= 11 is 0. The van der Waals surface area contributed by atoms with E-state index in [2.05, 4.69) is 21.3 Å². The predicted octanol–water partition coefficient (Wildman–Crippen LogP) is 1.13. The number of carbonyl (C=O) groups excluding carboxylic acids is 6. The third kappa shape index (κ3) is 11.5. The molecule has 0 aliphatic heterocycles. The van der Waals surface area contributed by atoms with Gasteiger partial charge in [0.1, 0.15) is 24.7 Å². The number of nitrogens with two attached hydrogens (primary N) is 1. The Morgan fingerprint density at radius 1 is 0.769 bits per heavy atom. The zero-order valence-corrected chi connectivity index (χ0v) is 23.9. The maximum absolute atomic E-state index is 12.8. The molecule has 12 heteroatoms. The molecular weight excluding hydrogens is 506 g/mol. The van der Waals surface area contributed by atoms with Gasteiger partial charge in [-0.1, -0.05) is 32.9 Å². The summed E-state index contributed by atoms with van der Waals surface area (Å²) in [6, 6.07) is 3.19. The van der Waals surface area contributed by atoms with Crippen LogP contribution < -0.4 is 27.0 Å². The Kier molecular flexibility index (Phi) is 11.6. The maximum Gasteiger partial charge on any atom is 0.311 e. The molecule has 3 atom stereocenters. The van der Waals surface area contributed by atoms with Gasteiger partial charge in [-0.15, -0.1) is 0 Å². The minimum Gasteiger partial charge on any atom is -0.460 e. The van der Waals surface area contributed by atoms with Crippen molar-refractivity contribution in [3.63, 3.8) is 0 Å². The number of benzene rings is 1. The lowest BCUT2D eigenvalue weighted by Gasteiger charge is -2.24. The first kappa shape index (κ1) is 33.1. The smallest absolute Gasteiger partial charge is 0.311 e. The third-order valence-electron chi connectivity index (χ3n) is 5.42. The van der Waals surface area contributed by atoms with E-state index in [4.69, 9.17) is 10.5 Å². The fraction of sp³-hybridized carbons (Fsp3) is 0.556. The molecule has 0 spiro atoms. The molecule has 39 heavy (non-hydrogen) atoms. The number of hydrogen-bond acceptors (Lipinski definition) is 7. The van der Waals surface area contributed by atoms with Crippen LogP contribution in [0.25, 0.3) is 0 Å². The van der Waals surface area contributed by atoms with Gasteiger partial charge in [-0.2, -0.15) is 0 Å². The van der Waals surface area contributed by atoms with Crippen LogP contribution in [-0.4, -0.2) is 53.6 Å². The zero-order valence-electron chi connectivity index (χ0n) is 23.9. The molecule has 0 bridgehead atoms. The molecule has 0 fully saturated rings. The number of esters is 1. The topological polar surface area (TPSA) is 186 Å². The number of anilines is 1. The van der Waals surface area contributed by atoms with E-state index in [1.54, 1.807) is 65.8 Å². The minimum atomic E-state index is -1.31. The highest BCUT2D eigenvalue weighted by atomic mass is 16.5. The quantitative estimate of drug-likeness (QED) is 0.257. The summed E-state index contributed by atoms with van der Waals surface area (Å²) in [5.41, 5.74) is 5.01. The van der Waals surface area contributed by atoms with E-state index in [1.165, 1.54) is 13.8 Å². The lowest BCUT2D eigenvalue weighted by molar-refractivity contribution is -0.154. The average Bonchev–Trinajstić information content (AvgIpc) is 2.81. The van der Waals surface area contributed by atoms with Crippen LogP contribution in [0.3, 0.4) is 0 Å². The molecule has 0 aliphatic rings. The summed E-state index contributed by atoms with van der Waals surface area (Å²) in [4.78, 5) is 73.5. The second kappa shape index (κ2) is 13.7. The summed E-state index contributed by atoms with van der Waals surface area (Å²) in [5.74, 6) is -3.52. The highest BCUT2D eigenvalue weighted by Gasteiger charge is 2.29. The van der Waals surface area contributed by atoms with Gasteiger partial charge in [0.05, 0.1) is 11.8 Å². The first-order valence-electron chi connectivity index (χ1n) is 12.6. The normalized spacial score (nSPS) is 13.7. The van der Waals surface area contributed by atoms with Crippen LogP contribution in [0.1, 0.15) is 67.4 Å². The third-order valence-corrected chi connectivity index (χ3v) is 5.42. The second-order valence-electron chi connectivity index (χ2n) is 11.4. The number of ether oxygens (including phenoxy) is 1. The molecule has 216 valence electrons. The molecular formula is C27H41N5O7. The Labute approximate surface area is 229 Å². The summed E-state index contributed by atoms with van der Waals surface area (Å²) in [6.07, 6.45) is -0.475. The molecule has 1 aromatic rings. The van der Waals surface area contributed by atoms with Crippen molar-refractivity contribution in [2.75, 3.05) is 5.32 Å². The van der Waals surface area contributed by atoms with Crippen molar-refractivity contribution in [3.05, 3.63) is 29.8 Å². The lowest BCUT2D eigenvalue weighted by atomic mass is 9.95. The Balaban J connectivity index is 2.77. The molecule has 1 aromatic carbocycles. The summed E-state index contributed by atoms with van der Waals surface area (Å²) in [5, 5.41) is 10.1. The van der Waals surface area contributed by atoms with Crippen LogP contribution in [-0.2, 0) is 40.1 Å². The molecule has 0 radical (unpaired) electrons. The monoisotopic (exact) mass is 547 g/mol. The number of nitrogens with one attached hydrogen (secondary N) is 4. The van der Waals surface area contributed by atoms with E-state index in [0.717, 1.165) is 0 Å². The molecule has 5 amide bonds. The number of rotatable bonds is 11. The fourth-order valence-corrected chi connectivity index (χ4v) is 2.87. The SMILES string of the molecule is CC(NC(=O)C(C)NC(=O)C(C)(C)C)C(=O)NC(CC(N)=O)C(=O)Nc1ccc(COC(=O)C(C)(C)C)cc1. The molecule has 0 heterocycles. The van der Waals surface area contributed by atoms with Crippen molar-refractivity contribution < 1.29 is 33.5 Å². The first-order chi connectivity index (χ1) is 17.8. The predicted molar refractivity (Wildman–Crippen MR) is 145 cm³/mol. The van der Waals surface area contributed by atoms with Crippen LogP contribution in [0, 0.1) is 10.8 Å². The summed E-state index contributed by atoms with van der Waals surface area (Å²) in [7, 11) is 0. The molecule has 12 nitrogen and oxygen atoms in total. The van der Waals surface area contributed by atoms with Crippen molar-refractivity contribution in [3.8, 4) is 0 Å². The number of carbonyl (C=O) groups is 6. The maximum atomic E-state index is 12.8. The Morgan fingerprint density at radius 3 is 1.77 bits per heavy atom. The van der Waals surface area contributed by atoms with Gasteiger partial charge in [0, 0.05) is 11.1 Å². The molecule has 0 saturated heterocycles. The summed E-state index contributed by atoms with van der Waals surface area (Å²) in [6.45, 7) is 13.3. The van der Waals surface area contributed by atoms with Gasteiger partial charge in [-0.05, 0) is 52.3 Å². The van der Waals surface area contributed by atoms with Crippen LogP contribution in [0.4, 0.5) is 5.69 Å². The minimum absolute atomic E-state index is 0.0623. The highest BCUT2D eigenvalue weighted by molar-refractivity contribution is 6.00.